The zero-order valence-corrected chi connectivity index (χ0v) is 13.3. The minimum atomic E-state index is -2.61. The van der Waals surface area contributed by atoms with Gasteiger partial charge in [-0.3, -0.25) is 0 Å². The summed E-state index contributed by atoms with van der Waals surface area (Å²) in [5.41, 5.74) is 0. The average molecular weight is 280 g/mol. The lowest BCUT2D eigenvalue weighted by molar-refractivity contribution is -0.215. The Hall–Kier alpha value is 0.530. The number of hydrogen-bond acceptors (Lipinski definition) is 3. The molecule has 0 radical (unpaired) electrons. The highest BCUT2D eigenvalue weighted by Crippen LogP contribution is 2.60. The van der Waals surface area contributed by atoms with E-state index < -0.39 is 6.26 Å². The molecule has 3 nitrogen and oxygen atoms in total. The molecule has 1 saturated heterocycles. The predicted molar refractivity (Wildman–Crippen MR) is 74.6 cm³/mol. The highest BCUT2D eigenvalue weighted by atomic mass is 32.4. The van der Waals surface area contributed by atoms with Crippen LogP contribution in [0.3, 0.4) is 0 Å². The van der Waals surface area contributed by atoms with Crippen molar-refractivity contribution in [3.8, 4) is 0 Å². The van der Waals surface area contributed by atoms with Gasteiger partial charge >= 0.3 is 0 Å². The molecule has 1 heterocycles. The molecule has 2 unspecified atom stereocenters. The van der Waals surface area contributed by atoms with Crippen molar-refractivity contribution in [2.24, 2.45) is 17.8 Å². The standard InChI is InChI=1S/C12H25O3PS/c1-7(2)10-14-11(8(3)4)16(13,17)12(15-10)9(5)6/h7-12H,1-6H3,(H,13,17). The zero-order chi connectivity index (χ0) is 13.4. The van der Waals surface area contributed by atoms with Crippen LogP contribution in [-0.2, 0) is 21.3 Å². The van der Waals surface area contributed by atoms with Gasteiger partial charge in [-0.05, 0) is 11.8 Å². The van der Waals surface area contributed by atoms with E-state index in [-0.39, 0.29) is 35.7 Å². The Morgan fingerprint density at radius 3 is 1.47 bits per heavy atom. The Kier molecular flexibility index (Phi) is 5.19. The van der Waals surface area contributed by atoms with Gasteiger partial charge in [0, 0.05) is 5.92 Å². The van der Waals surface area contributed by atoms with E-state index in [2.05, 4.69) is 13.8 Å². The van der Waals surface area contributed by atoms with Crippen molar-refractivity contribution >= 4 is 18.1 Å². The van der Waals surface area contributed by atoms with Crippen LogP contribution in [0, 0.1) is 17.8 Å². The summed E-state index contributed by atoms with van der Waals surface area (Å²) in [4.78, 5) is 10.6. The molecule has 0 amide bonds. The molecular formula is C12H25O3PS. The van der Waals surface area contributed by atoms with Crippen molar-refractivity contribution in [1.82, 2.24) is 0 Å². The molecule has 17 heavy (non-hydrogen) atoms. The van der Waals surface area contributed by atoms with Crippen molar-refractivity contribution in [2.75, 3.05) is 0 Å². The first kappa shape index (κ1) is 15.6. The Morgan fingerprint density at radius 2 is 1.24 bits per heavy atom. The third-order valence-corrected chi connectivity index (χ3v) is 7.10. The molecule has 1 N–H and O–H groups in total. The topological polar surface area (TPSA) is 38.7 Å². The SMILES string of the molecule is CC(C)C1OC(C(C)C)P(O)(=S)C(C(C)C)O1. The van der Waals surface area contributed by atoms with Crippen LogP contribution in [-0.4, -0.2) is 22.9 Å². The first-order chi connectivity index (χ1) is 7.67. The number of rotatable bonds is 3. The maximum atomic E-state index is 10.6. The van der Waals surface area contributed by atoms with Crippen LogP contribution >= 0.6 is 6.26 Å². The van der Waals surface area contributed by atoms with E-state index in [4.69, 9.17) is 21.3 Å². The molecule has 0 aliphatic carbocycles. The molecule has 1 aliphatic heterocycles. The van der Waals surface area contributed by atoms with Crippen LogP contribution in [0.2, 0.25) is 0 Å². The highest BCUT2D eigenvalue weighted by Gasteiger charge is 2.46. The van der Waals surface area contributed by atoms with E-state index in [1.54, 1.807) is 0 Å². The van der Waals surface area contributed by atoms with Gasteiger partial charge in [0.2, 0.25) is 0 Å². The fraction of sp³-hybridized carbons (Fsp3) is 1.00. The Morgan fingerprint density at radius 1 is 0.882 bits per heavy atom. The fourth-order valence-electron chi connectivity index (χ4n) is 2.11. The van der Waals surface area contributed by atoms with Crippen LogP contribution in [0.4, 0.5) is 0 Å². The van der Waals surface area contributed by atoms with Gasteiger partial charge in [0.05, 0.1) is 0 Å². The Labute approximate surface area is 110 Å². The van der Waals surface area contributed by atoms with E-state index in [1.807, 2.05) is 27.7 Å². The minimum absolute atomic E-state index is 0.220. The second-order valence-electron chi connectivity index (χ2n) is 5.83. The summed E-state index contributed by atoms with van der Waals surface area (Å²) in [6.07, 6.45) is -2.86. The molecule has 1 fully saturated rings. The van der Waals surface area contributed by atoms with Crippen LogP contribution < -0.4 is 0 Å². The smallest absolute Gasteiger partial charge is 0.161 e. The molecule has 1 aliphatic rings. The third kappa shape index (κ3) is 3.30. The van der Waals surface area contributed by atoms with Gasteiger partial charge in [-0.25, -0.2) is 0 Å². The van der Waals surface area contributed by atoms with Crippen molar-refractivity contribution < 1.29 is 14.4 Å². The number of ether oxygens (including phenoxy) is 2. The average Bonchev–Trinajstić information content (AvgIpc) is 2.14. The van der Waals surface area contributed by atoms with E-state index in [0.29, 0.717) is 0 Å². The van der Waals surface area contributed by atoms with Crippen molar-refractivity contribution in [3.05, 3.63) is 0 Å². The van der Waals surface area contributed by atoms with Gasteiger partial charge in [0.25, 0.3) is 0 Å². The maximum absolute atomic E-state index is 10.6. The normalized spacial score (nSPS) is 39.3. The van der Waals surface area contributed by atoms with Gasteiger partial charge in [-0.1, -0.05) is 53.3 Å². The van der Waals surface area contributed by atoms with Gasteiger partial charge in [0.1, 0.15) is 18.0 Å². The molecule has 0 saturated carbocycles. The highest BCUT2D eigenvalue weighted by molar-refractivity contribution is 8.12. The minimum Gasteiger partial charge on any atom is -0.361 e. The molecule has 0 aromatic rings. The van der Waals surface area contributed by atoms with E-state index >= 15 is 0 Å². The van der Waals surface area contributed by atoms with Gasteiger partial charge in [0.15, 0.2) is 6.29 Å². The first-order valence-electron chi connectivity index (χ1n) is 6.31. The van der Waals surface area contributed by atoms with E-state index in [1.165, 1.54) is 0 Å². The molecule has 1 rings (SSSR count). The lowest BCUT2D eigenvalue weighted by Crippen LogP contribution is -2.44. The Bertz CT molecular complexity index is 282. The van der Waals surface area contributed by atoms with Crippen LogP contribution in [0.1, 0.15) is 41.5 Å². The predicted octanol–water partition coefficient (Wildman–Crippen LogP) is 3.37. The lowest BCUT2D eigenvalue weighted by Gasteiger charge is -2.46. The van der Waals surface area contributed by atoms with Crippen LogP contribution in [0.25, 0.3) is 0 Å². The summed E-state index contributed by atoms with van der Waals surface area (Å²) >= 11 is 5.45. The van der Waals surface area contributed by atoms with Crippen molar-refractivity contribution in [2.45, 2.75) is 59.5 Å². The molecule has 2 atom stereocenters. The molecule has 102 valence electrons. The second kappa shape index (κ2) is 5.66. The van der Waals surface area contributed by atoms with Gasteiger partial charge in [-0.15, -0.1) is 0 Å². The van der Waals surface area contributed by atoms with Crippen LogP contribution in [0.5, 0.6) is 0 Å². The lowest BCUT2D eigenvalue weighted by atomic mass is 10.2. The molecule has 0 aromatic heterocycles. The van der Waals surface area contributed by atoms with Crippen molar-refractivity contribution in [3.63, 3.8) is 0 Å². The quantitative estimate of drug-likeness (QED) is 0.805. The summed E-state index contributed by atoms with van der Waals surface area (Å²) in [7, 11) is 0. The summed E-state index contributed by atoms with van der Waals surface area (Å²) in [6.45, 7) is 12.3. The van der Waals surface area contributed by atoms with Crippen LogP contribution in [0.15, 0.2) is 0 Å². The summed E-state index contributed by atoms with van der Waals surface area (Å²) < 4.78 is 11.8. The fourth-order valence-corrected chi connectivity index (χ4v) is 6.45. The van der Waals surface area contributed by atoms with Gasteiger partial charge in [-0.2, -0.15) is 0 Å². The van der Waals surface area contributed by atoms with Crippen molar-refractivity contribution in [1.29, 1.82) is 0 Å². The number of hydrogen-bond donors (Lipinski definition) is 1. The molecule has 5 heteroatoms. The second-order valence-corrected chi connectivity index (χ2v) is 9.94. The zero-order valence-electron chi connectivity index (χ0n) is 11.6. The molecule has 0 bridgehead atoms. The first-order valence-corrected chi connectivity index (χ1v) is 9.20. The largest absolute Gasteiger partial charge is 0.361 e. The van der Waals surface area contributed by atoms with E-state index in [9.17, 15) is 4.89 Å². The maximum Gasteiger partial charge on any atom is 0.161 e. The Balaban J connectivity index is 3.01. The third-order valence-electron chi connectivity index (χ3n) is 2.96. The summed E-state index contributed by atoms with van der Waals surface area (Å²) in [6, 6.07) is 0. The monoisotopic (exact) mass is 280 g/mol. The summed E-state index contributed by atoms with van der Waals surface area (Å²) in [5.74, 6) is 0.222. The molecular weight excluding hydrogens is 255 g/mol. The van der Waals surface area contributed by atoms with Gasteiger partial charge < -0.3 is 14.4 Å². The van der Waals surface area contributed by atoms with E-state index in [0.717, 1.165) is 0 Å². The molecule has 0 spiro atoms. The summed E-state index contributed by atoms with van der Waals surface area (Å²) in [5, 5.41) is 0. The molecule has 0 aromatic carbocycles.